The average Bonchev–Trinajstić information content (AvgIpc) is 1.56. The summed E-state index contributed by atoms with van der Waals surface area (Å²) < 4.78 is 177. The van der Waals surface area contributed by atoms with Crippen molar-refractivity contribution in [3.05, 3.63) is 0 Å². The minimum absolute atomic E-state index is 0.0255. The van der Waals surface area contributed by atoms with E-state index in [4.69, 9.17) is 49.9 Å². The second kappa shape index (κ2) is 30.6. The monoisotopic (exact) mass is 1490 g/mol. The number of carbonyl (C=O) groups excluding carboxylic acids is 7. The molecule has 0 aromatic rings. The molecule has 0 radical (unpaired) electrons. The molecule has 34 heteroatoms. The van der Waals surface area contributed by atoms with Crippen molar-refractivity contribution in [1.29, 1.82) is 0 Å². The van der Waals surface area contributed by atoms with Gasteiger partial charge >= 0.3 is 51.9 Å². The normalized spacial score (nSPS) is 33.9. The maximum Gasteiger partial charge on any atom is 0.317 e. The molecular weight excluding hydrogens is 1390 g/mol. The molecule has 6 saturated carbocycles. The molecule has 6 bridgehead atoms. The van der Waals surface area contributed by atoms with E-state index in [1.807, 2.05) is 62.3 Å². The maximum absolute atomic E-state index is 12.1. The molecule has 562 valence electrons. The van der Waals surface area contributed by atoms with Crippen molar-refractivity contribution in [3.63, 3.8) is 0 Å². The highest BCUT2D eigenvalue weighted by molar-refractivity contribution is 7.88. The number of ether oxygens (including phenoxy) is 7. The van der Waals surface area contributed by atoms with Gasteiger partial charge < -0.3 is 33.2 Å². The lowest BCUT2D eigenvalue weighted by molar-refractivity contribution is -0.167. The van der Waals surface area contributed by atoms with Crippen LogP contribution in [0.15, 0.2) is 0 Å². The zero-order chi connectivity index (χ0) is 73.5. The van der Waals surface area contributed by atoms with Crippen LogP contribution >= 0.6 is 0 Å². The van der Waals surface area contributed by atoms with E-state index >= 15 is 0 Å². The van der Waals surface area contributed by atoms with Gasteiger partial charge in [0.15, 0.2) is 0 Å². The van der Waals surface area contributed by atoms with Crippen molar-refractivity contribution in [3.8, 4) is 0 Å². The Balaban J connectivity index is 0.000000176. The van der Waals surface area contributed by atoms with Gasteiger partial charge in [-0.1, -0.05) is 41.0 Å². The van der Waals surface area contributed by atoms with E-state index in [1.165, 1.54) is 0 Å². The van der Waals surface area contributed by atoms with Crippen LogP contribution in [0.1, 0.15) is 207 Å². The minimum atomic E-state index is -3.75. The third-order valence-electron chi connectivity index (χ3n) is 21.7. The van der Waals surface area contributed by atoms with Crippen LogP contribution in [0, 0.1) is 56.7 Å². The van der Waals surface area contributed by atoms with E-state index in [-0.39, 0.29) is 96.5 Å². The van der Waals surface area contributed by atoms with E-state index in [9.17, 15) is 75.7 Å². The van der Waals surface area contributed by atoms with Crippen LogP contribution in [0.2, 0.25) is 0 Å². The fraction of sp³-hybridized carbons (Fsp3) is 0.891. The summed E-state index contributed by atoms with van der Waals surface area (Å²) in [5, 5.41) is -1.27. The SMILES string of the molecule is CCC(C)(C)C(=O)OC1C2CC3C1OS(=O)(=O)C3C2.CCC(C)(C)C(=O)OC1C2CCCC2OS1(=O)=O.CCC(C)(C)C(=O)OC1CCC2CC1OS2(=O)=O.CCC(C)(C)C(=O)OC1COS(=O)(=O)C1.CCC(C)(C)C(=O)OCCOC(=O)CC(=O)OC1C2CC3C1OS(=O)(=O)C3C2. The van der Waals surface area contributed by atoms with Gasteiger partial charge in [-0.15, -0.1) is 0 Å². The Labute approximate surface area is 577 Å². The summed E-state index contributed by atoms with van der Waals surface area (Å²) in [4.78, 5) is 83.3. The van der Waals surface area contributed by atoms with Crippen LogP contribution < -0.4 is 0 Å². The second-order valence-corrected chi connectivity index (χ2v) is 39.3. The summed E-state index contributed by atoms with van der Waals surface area (Å²) >= 11 is 0. The minimum Gasteiger partial charge on any atom is -0.462 e. The molecule has 29 nitrogen and oxygen atoms in total. The van der Waals surface area contributed by atoms with E-state index in [0.717, 1.165) is 25.7 Å². The lowest BCUT2D eigenvalue weighted by Gasteiger charge is -2.29. The summed E-state index contributed by atoms with van der Waals surface area (Å²) in [6.07, 6.45) is 5.09. The lowest BCUT2D eigenvalue weighted by atomic mass is 9.89. The smallest absolute Gasteiger partial charge is 0.317 e. The topological polar surface area (TPSA) is 401 Å². The molecule has 5 saturated heterocycles. The van der Waals surface area contributed by atoms with Gasteiger partial charge in [-0.3, -0.25) is 54.5 Å². The Morgan fingerprint density at radius 1 is 0.418 bits per heavy atom. The van der Waals surface area contributed by atoms with Crippen molar-refractivity contribution in [2.24, 2.45) is 56.7 Å². The van der Waals surface area contributed by atoms with Crippen molar-refractivity contribution >= 4 is 92.4 Å². The van der Waals surface area contributed by atoms with Crippen LogP contribution in [-0.2, 0) is 138 Å². The van der Waals surface area contributed by atoms with Gasteiger partial charge in [0.05, 0.1) is 48.9 Å². The molecular formula is C64H102O29S5. The number of carbonyl (C=O) groups is 7. The maximum atomic E-state index is 12.1. The molecule has 0 N–H and O–H groups in total. The van der Waals surface area contributed by atoms with Gasteiger partial charge in [-0.05, 0) is 159 Å². The number of fused-ring (bicyclic) bond motifs is 5. The quantitative estimate of drug-likeness (QED) is 0.0410. The summed E-state index contributed by atoms with van der Waals surface area (Å²) in [7, 11) is -17.7. The predicted molar refractivity (Wildman–Crippen MR) is 346 cm³/mol. The number of hydrogen-bond acceptors (Lipinski definition) is 29. The van der Waals surface area contributed by atoms with Crippen molar-refractivity contribution in [2.75, 3.05) is 25.6 Å². The highest BCUT2D eigenvalue weighted by atomic mass is 32.2. The third-order valence-corrected chi connectivity index (χ3v) is 29.8. The summed E-state index contributed by atoms with van der Waals surface area (Å²) in [6, 6.07) is 0. The first-order valence-corrected chi connectivity index (χ1v) is 41.5. The van der Waals surface area contributed by atoms with Gasteiger partial charge in [0.2, 0.25) is 5.44 Å². The molecule has 11 rings (SSSR count). The van der Waals surface area contributed by atoms with E-state index in [0.29, 0.717) is 70.6 Å². The molecule has 0 aromatic heterocycles. The van der Waals surface area contributed by atoms with Crippen LogP contribution in [0.3, 0.4) is 0 Å². The van der Waals surface area contributed by atoms with E-state index in [2.05, 4.69) is 4.18 Å². The van der Waals surface area contributed by atoms with Crippen LogP contribution in [0.25, 0.3) is 0 Å². The molecule has 5 aliphatic heterocycles. The molecule has 6 aliphatic carbocycles. The van der Waals surface area contributed by atoms with Crippen molar-refractivity contribution in [2.45, 2.75) is 277 Å². The van der Waals surface area contributed by atoms with Crippen LogP contribution in [-0.4, -0.2) is 179 Å². The van der Waals surface area contributed by atoms with Crippen LogP contribution in [0.4, 0.5) is 0 Å². The molecule has 0 amide bonds. The predicted octanol–water partition coefficient (Wildman–Crippen LogP) is 6.55. The number of rotatable bonds is 20. The fourth-order valence-corrected chi connectivity index (χ4v) is 21.2. The number of hydrogen-bond donors (Lipinski definition) is 0. The summed E-state index contributed by atoms with van der Waals surface area (Å²) in [5.74, 6) is -3.78. The Morgan fingerprint density at radius 2 is 0.867 bits per heavy atom. The zero-order valence-electron chi connectivity index (χ0n) is 58.8. The van der Waals surface area contributed by atoms with Gasteiger partial charge in [-0.2, -0.15) is 42.1 Å². The lowest BCUT2D eigenvalue weighted by Crippen LogP contribution is -2.40. The van der Waals surface area contributed by atoms with Crippen LogP contribution in [0.5, 0.6) is 0 Å². The highest BCUT2D eigenvalue weighted by Crippen LogP contribution is 2.57. The van der Waals surface area contributed by atoms with Crippen molar-refractivity contribution < 1.29 is 130 Å². The zero-order valence-corrected chi connectivity index (χ0v) is 62.9. The first-order chi connectivity index (χ1) is 45.1. The Hall–Kier alpha value is -4.16. The molecule has 0 spiro atoms. The molecule has 11 aliphatic rings. The standard InChI is InChI=1S/C18H26O9S.C13H20O5S.2C12H20O5S.C9H16O5S/c1-4-18(2,3)17(21)25-6-5-24-13(19)9-14(20)26-15-10-7-11-12(8-10)28(22,23)27-16(11)15;1-4-13(2,3)12(14)17-10-7-5-8-9(6-7)19(15,16)18-11(8)10;1-4-12(2,3)11(13)16-9-6-5-8-7-10(9)17-18(8,14)15;1-4-12(2,3)11(13)16-10-8-6-5-7-9(8)17-18(10,14)15;1-4-9(2,3)8(10)14-7-5-13-15(11,12)6-7/h10-12,15-16H,4-9H2,1-3H3;7-11H,4-6H2,1-3H3;2*8-10H,4-7H2,1-3H3;7H,4-6H2,1-3H3. The molecule has 11 fully saturated rings. The molecule has 0 aromatic carbocycles. The number of esters is 7. The summed E-state index contributed by atoms with van der Waals surface area (Å²) in [5.41, 5.74) is -4.02. The van der Waals surface area contributed by atoms with Gasteiger partial charge in [-0.25, -0.2) is 0 Å². The summed E-state index contributed by atoms with van der Waals surface area (Å²) in [6.45, 7) is 27.1. The van der Waals surface area contributed by atoms with E-state index < -0.39 is 155 Å². The Morgan fingerprint density at radius 3 is 1.36 bits per heavy atom. The first kappa shape index (κ1) is 81.1. The Kier molecular flexibility index (Phi) is 25.4. The average molecular weight is 1500 g/mol. The molecule has 17 unspecified atom stereocenters. The second-order valence-electron chi connectivity index (χ2n) is 30.6. The van der Waals surface area contributed by atoms with Gasteiger partial charge in [0.25, 0.3) is 40.5 Å². The largest absolute Gasteiger partial charge is 0.462 e. The van der Waals surface area contributed by atoms with Gasteiger partial charge in [0.1, 0.15) is 74.7 Å². The molecule has 17 atom stereocenters. The van der Waals surface area contributed by atoms with E-state index in [1.54, 1.807) is 41.5 Å². The molecule has 98 heavy (non-hydrogen) atoms. The first-order valence-electron chi connectivity index (χ1n) is 34.0. The van der Waals surface area contributed by atoms with Gasteiger partial charge in [0, 0.05) is 29.6 Å². The Bertz CT molecular complexity index is 3540. The fourth-order valence-electron chi connectivity index (χ4n) is 13.2. The van der Waals surface area contributed by atoms with Crippen molar-refractivity contribution in [1.82, 2.24) is 0 Å². The third kappa shape index (κ3) is 18.6. The highest BCUT2D eigenvalue weighted by Gasteiger charge is 2.67. The molecule has 5 heterocycles.